The lowest BCUT2D eigenvalue weighted by atomic mass is 10.1. The number of morpholine rings is 1. The van der Waals surface area contributed by atoms with E-state index < -0.39 is 11.7 Å². The van der Waals surface area contributed by atoms with E-state index in [1.165, 1.54) is 18.2 Å². The van der Waals surface area contributed by atoms with Crippen molar-refractivity contribution >= 4 is 23.2 Å². The molecule has 0 aliphatic carbocycles. The van der Waals surface area contributed by atoms with E-state index in [9.17, 15) is 14.0 Å². The minimum atomic E-state index is -0.470. The van der Waals surface area contributed by atoms with Gasteiger partial charge < -0.3 is 20.3 Å². The maximum atomic E-state index is 13.5. The van der Waals surface area contributed by atoms with Crippen LogP contribution >= 0.6 is 0 Å². The fraction of sp³-hybridized carbons (Fsp3) is 0.417. The highest BCUT2D eigenvalue weighted by Gasteiger charge is 2.21. The van der Waals surface area contributed by atoms with Crippen molar-refractivity contribution in [3.8, 4) is 0 Å². The first-order valence-electron chi connectivity index (χ1n) is 11.1. The molecule has 2 fully saturated rings. The second kappa shape index (κ2) is 10.6. The highest BCUT2D eigenvalue weighted by Crippen LogP contribution is 2.28. The molecule has 0 aromatic heterocycles. The average Bonchev–Trinajstić information content (AvgIpc) is 3.34. The van der Waals surface area contributed by atoms with Crippen molar-refractivity contribution in [2.24, 2.45) is 0 Å². The number of carbonyl (C=O) groups excluding carboxylic acids is 2. The smallest absolute Gasteiger partial charge is 0.255 e. The van der Waals surface area contributed by atoms with Gasteiger partial charge in [-0.15, -0.1) is 0 Å². The summed E-state index contributed by atoms with van der Waals surface area (Å²) in [5.41, 5.74) is 2.13. The summed E-state index contributed by atoms with van der Waals surface area (Å²) in [4.78, 5) is 30.1. The first-order chi connectivity index (χ1) is 15.6. The largest absolute Gasteiger partial charge is 0.379 e. The van der Waals surface area contributed by atoms with Gasteiger partial charge in [-0.05, 0) is 49.2 Å². The number of rotatable bonds is 7. The van der Waals surface area contributed by atoms with Gasteiger partial charge in [0.05, 0.1) is 18.8 Å². The second-order valence-electron chi connectivity index (χ2n) is 8.10. The van der Waals surface area contributed by atoms with Gasteiger partial charge in [0.25, 0.3) is 11.8 Å². The Morgan fingerprint density at radius 3 is 2.50 bits per heavy atom. The van der Waals surface area contributed by atoms with Crippen LogP contribution in [-0.4, -0.2) is 69.2 Å². The van der Waals surface area contributed by atoms with Crippen LogP contribution in [0.3, 0.4) is 0 Å². The van der Waals surface area contributed by atoms with E-state index in [4.69, 9.17) is 4.74 Å². The summed E-state index contributed by atoms with van der Waals surface area (Å²) in [7, 11) is 0. The third-order valence-electron chi connectivity index (χ3n) is 5.85. The Bertz CT molecular complexity index is 956. The molecule has 0 radical (unpaired) electrons. The minimum absolute atomic E-state index is 0.165. The molecule has 2 aromatic carbocycles. The number of carbonyl (C=O) groups is 2. The molecule has 4 rings (SSSR count). The van der Waals surface area contributed by atoms with E-state index in [1.54, 1.807) is 18.2 Å². The van der Waals surface area contributed by atoms with Crippen LogP contribution in [0.5, 0.6) is 0 Å². The number of hydrogen-bond acceptors (Lipinski definition) is 5. The topological polar surface area (TPSA) is 73.9 Å². The number of halogens is 1. The summed E-state index contributed by atoms with van der Waals surface area (Å²) in [5.74, 6) is -1.05. The summed E-state index contributed by atoms with van der Waals surface area (Å²) in [6.07, 6.45) is 2.19. The number of hydrogen-bond donors (Lipinski definition) is 2. The Morgan fingerprint density at radius 2 is 1.75 bits per heavy atom. The van der Waals surface area contributed by atoms with Crippen molar-refractivity contribution in [2.45, 2.75) is 12.8 Å². The maximum Gasteiger partial charge on any atom is 0.255 e. The molecule has 2 aliphatic rings. The Morgan fingerprint density at radius 1 is 0.969 bits per heavy atom. The zero-order valence-corrected chi connectivity index (χ0v) is 18.1. The number of ether oxygens (including phenoxy) is 1. The van der Waals surface area contributed by atoms with Crippen molar-refractivity contribution in [1.82, 2.24) is 10.2 Å². The predicted octanol–water partition coefficient (Wildman–Crippen LogP) is 2.74. The fourth-order valence-corrected chi connectivity index (χ4v) is 4.11. The van der Waals surface area contributed by atoms with Gasteiger partial charge in [-0.1, -0.05) is 6.07 Å². The fourth-order valence-electron chi connectivity index (χ4n) is 4.11. The van der Waals surface area contributed by atoms with Crippen LogP contribution in [-0.2, 0) is 4.74 Å². The van der Waals surface area contributed by atoms with Gasteiger partial charge in [-0.2, -0.15) is 0 Å². The second-order valence-corrected chi connectivity index (χ2v) is 8.10. The van der Waals surface area contributed by atoms with Gasteiger partial charge in [-0.25, -0.2) is 4.39 Å². The summed E-state index contributed by atoms with van der Waals surface area (Å²) < 4.78 is 18.8. The molecular weight excluding hydrogens is 411 g/mol. The lowest BCUT2D eigenvalue weighted by Crippen LogP contribution is -2.41. The van der Waals surface area contributed by atoms with Crippen molar-refractivity contribution in [3.63, 3.8) is 0 Å². The molecular formula is C24H29FN4O3. The first-order valence-corrected chi connectivity index (χ1v) is 11.1. The van der Waals surface area contributed by atoms with E-state index in [1.807, 2.05) is 6.07 Å². The Balaban J connectivity index is 1.47. The molecule has 8 heteroatoms. The van der Waals surface area contributed by atoms with Gasteiger partial charge in [0.2, 0.25) is 0 Å². The molecule has 0 atom stereocenters. The molecule has 0 unspecified atom stereocenters. The molecule has 170 valence electrons. The number of amides is 2. The van der Waals surface area contributed by atoms with E-state index in [-0.39, 0.29) is 11.5 Å². The Labute approximate surface area is 187 Å². The average molecular weight is 441 g/mol. The molecule has 0 spiro atoms. The van der Waals surface area contributed by atoms with Gasteiger partial charge in [0.1, 0.15) is 5.82 Å². The van der Waals surface area contributed by atoms with Gasteiger partial charge >= 0.3 is 0 Å². The van der Waals surface area contributed by atoms with E-state index in [0.29, 0.717) is 17.8 Å². The Kier molecular flexibility index (Phi) is 7.34. The molecule has 2 amide bonds. The Hall–Kier alpha value is -2.97. The summed E-state index contributed by atoms with van der Waals surface area (Å²) in [5, 5.41) is 5.80. The summed E-state index contributed by atoms with van der Waals surface area (Å²) >= 11 is 0. The van der Waals surface area contributed by atoms with Crippen molar-refractivity contribution in [2.75, 3.05) is 62.7 Å². The number of nitrogens with zero attached hydrogens (tertiary/aromatic N) is 2. The maximum absolute atomic E-state index is 13.5. The molecule has 2 N–H and O–H groups in total. The third-order valence-corrected chi connectivity index (χ3v) is 5.85. The zero-order chi connectivity index (χ0) is 22.3. The lowest BCUT2D eigenvalue weighted by molar-refractivity contribution is 0.0383. The quantitative estimate of drug-likeness (QED) is 0.693. The molecule has 32 heavy (non-hydrogen) atoms. The van der Waals surface area contributed by atoms with Gasteiger partial charge in [-0.3, -0.25) is 14.5 Å². The molecule has 2 heterocycles. The SMILES string of the molecule is O=C(Nc1ccc(N2CCCC2)c(C(=O)NCCN2CCOCC2)c1)c1cccc(F)c1. The van der Waals surface area contributed by atoms with Crippen LogP contribution in [0.4, 0.5) is 15.8 Å². The van der Waals surface area contributed by atoms with Crippen LogP contribution in [0.2, 0.25) is 0 Å². The highest BCUT2D eigenvalue weighted by molar-refractivity contribution is 6.06. The minimum Gasteiger partial charge on any atom is -0.379 e. The lowest BCUT2D eigenvalue weighted by Gasteiger charge is -2.26. The van der Waals surface area contributed by atoms with Gasteiger partial charge in [0, 0.05) is 56.2 Å². The molecule has 0 bridgehead atoms. The zero-order valence-electron chi connectivity index (χ0n) is 18.1. The standard InChI is InChI=1S/C24H29FN4O3/c25-19-5-3-4-18(16-19)23(30)27-20-6-7-22(29-9-1-2-10-29)21(17-20)24(31)26-8-11-28-12-14-32-15-13-28/h3-7,16-17H,1-2,8-15H2,(H,26,31)(H,27,30). The van der Waals surface area contributed by atoms with E-state index in [2.05, 4.69) is 20.4 Å². The van der Waals surface area contributed by atoms with Crippen LogP contribution in [0.25, 0.3) is 0 Å². The van der Waals surface area contributed by atoms with E-state index in [0.717, 1.165) is 64.5 Å². The third kappa shape index (κ3) is 5.63. The number of benzene rings is 2. The van der Waals surface area contributed by atoms with Crippen LogP contribution in [0, 0.1) is 5.82 Å². The summed E-state index contributed by atoms with van der Waals surface area (Å²) in [6, 6.07) is 10.9. The number of anilines is 2. The molecule has 2 aromatic rings. The van der Waals surface area contributed by atoms with Crippen LogP contribution < -0.4 is 15.5 Å². The van der Waals surface area contributed by atoms with E-state index >= 15 is 0 Å². The van der Waals surface area contributed by atoms with Crippen molar-refractivity contribution < 1.29 is 18.7 Å². The highest BCUT2D eigenvalue weighted by atomic mass is 19.1. The normalized spacial score (nSPS) is 16.7. The molecule has 2 aliphatic heterocycles. The molecule has 2 saturated heterocycles. The summed E-state index contributed by atoms with van der Waals surface area (Å²) in [6.45, 7) is 6.31. The predicted molar refractivity (Wildman–Crippen MR) is 122 cm³/mol. The number of nitrogens with one attached hydrogen (secondary N) is 2. The molecule has 0 saturated carbocycles. The van der Waals surface area contributed by atoms with Crippen molar-refractivity contribution in [3.05, 3.63) is 59.4 Å². The van der Waals surface area contributed by atoms with Crippen LogP contribution in [0.15, 0.2) is 42.5 Å². The monoisotopic (exact) mass is 440 g/mol. The van der Waals surface area contributed by atoms with Crippen molar-refractivity contribution in [1.29, 1.82) is 0 Å². The van der Waals surface area contributed by atoms with Gasteiger partial charge in [0.15, 0.2) is 0 Å². The van der Waals surface area contributed by atoms with Crippen LogP contribution in [0.1, 0.15) is 33.6 Å². The molecule has 7 nitrogen and oxygen atoms in total. The first kappa shape index (κ1) is 22.2.